The van der Waals surface area contributed by atoms with Crippen molar-refractivity contribution < 1.29 is 9.90 Å². The fraction of sp³-hybridized carbons (Fsp3) is 0.700. The number of H-pyrrole nitrogens is 1. The minimum Gasteiger partial charge on any atom is -0.481 e. The van der Waals surface area contributed by atoms with E-state index in [4.69, 9.17) is 5.11 Å². The average Bonchev–Trinajstić information content (AvgIpc) is 2.55. The maximum atomic E-state index is 11.6. The first kappa shape index (κ1) is 13.2. The number of hydrogen-bond acceptors (Lipinski definition) is 5. The summed E-state index contributed by atoms with van der Waals surface area (Å²) in [6.45, 7) is 5.01. The number of aromatic nitrogens is 3. The lowest BCUT2D eigenvalue weighted by atomic mass is 9.98. The molecule has 0 saturated carbocycles. The number of rotatable bonds is 5. The summed E-state index contributed by atoms with van der Waals surface area (Å²) in [5.74, 6) is -0.835. The molecule has 1 aromatic rings. The van der Waals surface area contributed by atoms with E-state index in [2.05, 4.69) is 15.5 Å². The molecular weight excluding hydrogens is 256 g/mol. The normalized spacial score (nSPS) is 17.7. The summed E-state index contributed by atoms with van der Waals surface area (Å²) in [4.78, 5) is 22.5. The molecule has 1 fully saturated rings. The van der Waals surface area contributed by atoms with Gasteiger partial charge in [0.25, 0.3) is 0 Å². The lowest BCUT2D eigenvalue weighted by molar-refractivity contribution is -0.138. The first-order valence-corrected chi connectivity index (χ1v) is 6.54. The Morgan fingerprint density at radius 2 is 2.28 bits per heavy atom. The van der Waals surface area contributed by atoms with Crippen molar-refractivity contribution in [1.29, 1.82) is 0 Å². The van der Waals surface area contributed by atoms with E-state index in [1.54, 1.807) is 4.57 Å². The predicted molar refractivity (Wildman–Crippen MR) is 66.9 cm³/mol. The molecule has 7 nitrogen and oxygen atoms in total. The van der Waals surface area contributed by atoms with Crippen LogP contribution in [0.1, 0.15) is 26.3 Å². The van der Waals surface area contributed by atoms with E-state index in [1.807, 2.05) is 13.8 Å². The van der Waals surface area contributed by atoms with Crippen LogP contribution >= 0.6 is 11.8 Å². The molecule has 1 aliphatic heterocycles. The molecule has 0 spiro atoms. The van der Waals surface area contributed by atoms with E-state index in [1.165, 1.54) is 11.8 Å². The molecule has 0 amide bonds. The van der Waals surface area contributed by atoms with Gasteiger partial charge in [0.2, 0.25) is 0 Å². The minimum absolute atomic E-state index is 0.00587. The third-order valence-corrected chi connectivity index (χ3v) is 4.20. The number of hydrogen-bond donors (Lipinski definition) is 3. The molecule has 1 aromatic heterocycles. The van der Waals surface area contributed by atoms with Crippen LogP contribution in [-0.2, 0) is 4.79 Å². The van der Waals surface area contributed by atoms with Crippen LogP contribution in [0.25, 0.3) is 0 Å². The molecule has 8 heteroatoms. The molecule has 18 heavy (non-hydrogen) atoms. The minimum atomic E-state index is -0.835. The molecule has 1 aliphatic rings. The summed E-state index contributed by atoms with van der Waals surface area (Å²) in [6, 6.07) is -0.00587. The second-order valence-electron chi connectivity index (χ2n) is 4.73. The number of carboxylic acids is 1. The number of carboxylic acid groups (broad SMARTS) is 1. The molecule has 0 unspecified atom stereocenters. The molecule has 0 bridgehead atoms. The summed E-state index contributed by atoms with van der Waals surface area (Å²) in [7, 11) is 0. The Labute approximate surface area is 108 Å². The van der Waals surface area contributed by atoms with Gasteiger partial charge < -0.3 is 10.4 Å². The highest BCUT2D eigenvalue weighted by molar-refractivity contribution is 8.00. The Bertz CT molecular complexity index is 503. The quantitative estimate of drug-likeness (QED) is 0.701. The molecule has 0 atom stereocenters. The second-order valence-corrected chi connectivity index (χ2v) is 6.17. The van der Waals surface area contributed by atoms with Gasteiger partial charge in [0, 0.05) is 19.1 Å². The van der Waals surface area contributed by atoms with Crippen LogP contribution < -0.4 is 11.0 Å². The first-order chi connectivity index (χ1) is 8.43. The maximum absolute atomic E-state index is 11.6. The number of thioether (sulfide) groups is 1. The zero-order valence-corrected chi connectivity index (χ0v) is 11.1. The average molecular weight is 272 g/mol. The van der Waals surface area contributed by atoms with Crippen molar-refractivity contribution in [2.75, 3.05) is 13.1 Å². The number of nitrogens with one attached hydrogen (secondary N) is 2. The van der Waals surface area contributed by atoms with Crippen molar-refractivity contribution in [2.24, 2.45) is 0 Å². The summed E-state index contributed by atoms with van der Waals surface area (Å²) < 4.78 is 1.15. The van der Waals surface area contributed by atoms with Crippen LogP contribution in [-0.4, -0.2) is 43.7 Å². The molecule has 100 valence electrons. The van der Waals surface area contributed by atoms with E-state index in [9.17, 15) is 9.59 Å². The first-order valence-electron chi connectivity index (χ1n) is 5.72. The van der Waals surface area contributed by atoms with Gasteiger partial charge in [-0.2, -0.15) is 0 Å². The van der Waals surface area contributed by atoms with Gasteiger partial charge in [0.15, 0.2) is 5.16 Å². The van der Waals surface area contributed by atoms with Gasteiger partial charge >= 0.3 is 11.7 Å². The summed E-state index contributed by atoms with van der Waals surface area (Å²) in [6.07, 6.45) is 0.0593. The Hall–Kier alpha value is -1.28. The van der Waals surface area contributed by atoms with Gasteiger partial charge in [-0.05, 0) is 13.8 Å². The molecule has 3 N–H and O–H groups in total. The van der Waals surface area contributed by atoms with Gasteiger partial charge in [0.1, 0.15) is 0 Å². The Morgan fingerprint density at radius 3 is 2.72 bits per heavy atom. The molecule has 0 aromatic carbocycles. The molecule has 1 saturated heterocycles. The summed E-state index contributed by atoms with van der Waals surface area (Å²) in [5, 5.41) is 19.0. The largest absolute Gasteiger partial charge is 0.481 e. The smallest absolute Gasteiger partial charge is 0.344 e. The number of aromatic amines is 1. The fourth-order valence-electron chi connectivity index (χ4n) is 1.92. The van der Waals surface area contributed by atoms with Crippen molar-refractivity contribution in [1.82, 2.24) is 20.1 Å². The van der Waals surface area contributed by atoms with Gasteiger partial charge in [0.05, 0.1) is 11.2 Å². The monoisotopic (exact) mass is 272 g/mol. The highest BCUT2D eigenvalue weighted by Crippen LogP contribution is 2.37. The van der Waals surface area contributed by atoms with E-state index in [0.717, 1.165) is 0 Å². The third-order valence-electron chi connectivity index (χ3n) is 2.86. The van der Waals surface area contributed by atoms with Gasteiger partial charge in [-0.15, -0.1) is 5.10 Å². The molecule has 2 rings (SSSR count). The lowest BCUT2D eigenvalue weighted by Gasteiger charge is -2.40. The van der Waals surface area contributed by atoms with E-state index in [0.29, 0.717) is 18.2 Å². The third kappa shape index (κ3) is 2.44. The van der Waals surface area contributed by atoms with Crippen LogP contribution in [0.15, 0.2) is 9.95 Å². The zero-order valence-electron chi connectivity index (χ0n) is 10.3. The standard InChI is InChI=1S/C10H16N4O3S/c1-6(2)14-8(17)12-13-9(14)18-10(3-7(15)16)4-11-5-10/h6,11H,3-5H2,1-2H3,(H,12,17)(H,15,16). The summed E-state index contributed by atoms with van der Waals surface area (Å²) in [5.41, 5.74) is -0.259. The molecule has 0 radical (unpaired) electrons. The Kier molecular flexibility index (Phi) is 3.49. The number of carbonyl (C=O) groups is 1. The second kappa shape index (κ2) is 4.77. The van der Waals surface area contributed by atoms with Crippen LogP contribution in [0.4, 0.5) is 0 Å². The van der Waals surface area contributed by atoms with Crippen molar-refractivity contribution in [3.05, 3.63) is 10.5 Å². The molecule has 0 aliphatic carbocycles. The van der Waals surface area contributed by atoms with Crippen molar-refractivity contribution in [3.63, 3.8) is 0 Å². The van der Waals surface area contributed by atoms with E-state index >= 15 is 0 Å². The molecule has 2 heterocycles. The summed E-state index contributed by atoms with van der Waals surface area (Å²) >= 11 is 1.36. The van der Waals surface area contributed by atoms with Crippen LogP contribution in [0.5, 0.6) is 0 Å². The SMILES string of the molecule is CC(C)n1c(SC2(CC(=O)O)CNC2)n[nH]c1=O. The predicted octanol–water partition coefficient (Wildman–Crippen LogP) is 0.0611. The zero-order chi connectivity index (χ0) is 13.3. The Morgan fingerprint density at radius 1 is 1.61 bits per heavy atom. The van der Waals surface area contributed by atoms with Crippen LogP contribution in [0.3, 0.4) is 0 Å². The Balaban J connectivity index is 2.23. The van der Waals surface area contributed by atoms with Gasteiger partial charge in [-0.1, -0.05) is 11.8 Å². The topological polar surface area (TPSA) is 100 Å². The van der Waals surface area contributed by atoms with Crippen molar-refractivity contribution in [2.45, 2.75) is 36.2 Å². The number of nitrogens with zero attached hydrogens (tertiary/aromatic N) is 2. The van der Waals surface area contributed by atoms with Crippen molar-refractivity contribution in [3.8, 4) is 0 Å². The van der Waals surface area contributed by atoms with Gasteiger partial charge in [-0.3, -0.25) is 9.36 Å². The fourth-order valence-corrected chi connectivity index (χ4v) is 3.34. The highest BCUT2D eigenvalue weighted by atomic mass is 32.2. The number of aliphatic carboxylic acids is 1. The van der Waals surface area contributed by atoms with Crippen LogP contribution in [0.2, 0.25) is 0 Å². The van der Waals surface area contributed by atoms with E-state index in [-0.39, 0.29) is 18.2 Å². The van der Waals surface area contributed by atoms with Crippen molar-refractivity contribution >= 4 is 17.7 Å². The maximum Gasteiger partial charge on any atom is 0.344 e. The molecular formula is C10H16N4O3S. The van der Waals surface area contributed by atoms with Gasteiger partial charge in [-0.25, -0.2) is 9.89 Å². The highest BCUT2D eigenvalue weighted by Gasteiger charge is 2.41. The lowest BCUT2D eigenvalue weighted by Crippen LogP contribution is -2.58. The van der Waals surface area contributed by atoms with Crippen LogP contribution in [0, 0.1) is 0 Å². The van der Waals surface area contributed by atoms with E-state index < -0.39 is 10.7 Å².